The highest BCUT2D eigenvalue weighted by molar-refractivity contribution is 6.70. The number of rotatable bonds is 5. The number of allylic oxidation sites excluding steroid dienone is 1. The lowest BCUT2D eigenvalue weighted by molar-refractivity contribution is -0.144. The van der Waals surface area contributed by atoms with Gasteiger partial charge in [-0.05, 0) is 32.6 Å². The lowest BCUT2D eigenvalue weighted by Crippen LogP contribution is -2.32. The monoisotopic (exact) mass is 255 g/mol. The fourth-order valence-corrected chi connectivity index (χ4v) is 2.31. The van der Waals surface area contributed by atoms with E-state index in [1.165, 1.54) is 7.11 Å². The standard InChI is InChI=1S/C12H21NO3Si/c1-10(16-17(5,6)7)8-9-12(2,13-3)11(14)15-4/h8H,9H2,1-2,4-7H3/b10-8+. The van der Waals surface area contributed by atoms with E-state index >= 15 is 0 Å². The van der Waals surface area contributed by atoms with Crippen molar-refractivity contribution in [1.82, 2.24) is 0 Å². The van der Waals surface area contributed by atoms with Gasteiger partial charge in [0.2, 0.25) is 8.32 Å². The van der Waals surface area contributed by atoms with Crippen molar-refractivity contribution in [3.63, 3.8) is 0 Å². The summed E-state index contributed by atoms with van der Waals surface area (Å²) in [6, 6.07) is 0. The highest BCUT2D eigenvalue weighted by Gasteiger charge is 2.40. The second-order valence-electron chi connectivity index (χ2n) is 5.11. The van der Waals surface area contributed by atoms with Crippen molar-refractivity contribution in [2.75, 3.05) is 7.11 Å². The van der Waals surface area contributed by atoms with Gasteiger partial charge in [-0.1, -0.05) is 0 Å². The zero-order chi connectivity index (χ0) is 13.7. The maximum absolute atomic E-state index is 11.5. The molecule has 0 aromatic carbocycles. The Balaban J connectivity index is 4.68. The van der Waals surface area contributed by atoms with Crippen LogP contribution in [0.25, 0.3) is 4.85 Å². The Morgan fingerprint density at radius 3 is 2.35 bits per heavy atom. The summed E-state index contributed by atoms with van der Waals surface area (Å²) in [7, 11) is -0.332. The molecule has 0 aromatic rings. The molecule has 0 spiro atoms. The number of esters is 1. The van der Waals surface area contributed by atoms with Gasteiger partial charge in [-0.25, -0.2) is 11.4 Å². The SMILES string of the molecule is [C-]#[N+]C(C)(C/C=C(\C)O[Si](C)(C)C)C(=O)OC. The zero-order valence-corrected chi connectivity index (χ0v) is 12.5. The summed E-state index contributed by atoms with van der Waals surface area (Å²) in [5.74, 6) is 0.257. The van der Waals surface area contributed by atoms with Crippen molar-refractivity contribution in [2.24, 2.45) is 0 Å². The molecular formula is C12H21NO3Si. The van der Waals surface area contributed by atoms with Gasteiger partial charge in [-0.2, -0.15) is 0 Å². The minimum absolute atomic E-state index is 0.305. The average molecular weight is 255 g/mol. The van der Waals surface area contributed by atoms with Gasteiger partial charge in [0.05, 0.1) is 19.3 Å². The van der Waals surface area contributed by atoms with Crippen LogP contribution < -0.4 is 0 Å². The van der Waals surface area contributed by atoms with Crippen molar-refractivity contribution in [3.8, 4) is 0 Å². The molecule has 5 heteroatoms. The summed E-state index contributed by atoms with van der Waals surface area (Å²) in [6.45, 7) is 16.7. The second-order valence-corrected chi connectivity index (χ2v) is 9.54. The topological polar surface area (TPSA) is 39.9 Å². The van der Waals surface area contributed by atoms with E-state index in [1.807, 2.05) is 6.92 Å². The van der Waals surface area contributed by atoms with Crippen molar-refractivity contribution >= 4 is 14.3 Å². The summed E-state index contributed by atoms with van der Waals surface area (Å²) in [4.78, 5) is 14.8. The Hall–Kier alpha value is -1.28. The van der Waals surface area contributed by atoms with Gasteiger partial charge in [0, 0.05) is 6.92 Å². The Morgan fingerprint density at radius 1 is 1.47 bits per heavy atom. The Bertz CT molecular complexity index is 352. The molecule has 0 aliphatic carbocycles. The van der Waals surface area contributed by atoms with Crippen LogP contribution in [-0.2, 0) is 14.0 Å². The second kappa shape index (κ2) is 5.87. The normalized spacial score (nSPS) is 15.7. The largest absolute Gasteiger partial charge is 0.548 e. The van der Waals surface area contributed by atoms with Gasteiger partial charge in [0.25, 0.3) is 0 Å². The van der Waals surface area contributed by atoms with Gasteiger partial charge in [0.1, 0.15) is 0 Å². The lowest BCUT2D eigenvalue weighted by atomic mass is 9.99. The van der Waals surface area contributed by atoms with Crippen LogP contribution in [-0.4, -0.2) is 26.9 Å². The maximum Gasteiger partial charge on any atom is 0.393 e. The van der Waals surface area contributed by atoms with Crippen LogP contribution in [0.2, 0.25) is 19.6 Å². The van der Waals surface area contributed by atoms with Crippen molar-refractivity contribution < 1.29 is 14.0 Å². The van der Waals surface area contributed by atoms with E-state index in [2.05, 4.69) is 29.2 Å². The quantitative estimate of drug-likeness (QED) is 0.328. The number of hydrogen-bond donors (Lipinski definition) is 0. The third-order valence-electron chi connectivity index (χ3n) is 2.13. The molecule has 0 aromatic heterocycles. The third kappa shape index (κ3) is 5.55. The fraction of sp³-hybridized carbons (Fsp3) is 0.667. The van der Waals surface area contributed by atoms with Crippen molar-refractivity contribution in [3.05, 3.63) is 23.3 Å². The van der Waals surface area contributed by atoms with Crippen LogP contribution in [0.4, 0.5) is 0 Å². The van der Waals surface area contributed by atoms with Gasteiger partial charge >= 0.3 is 11.5 Å². The smallest absolute Gasteiger partial charge is 0.393 e. The molecule has 1 unspecified atom stereocenters. The highest BCUT2D eigenvalue weighted by Crippen LogP contribution is 2.20. The molecular weight excluding hydrogens is 234 g/mol. The number of carbonyl (C=O) groups excluding carboxylic acids is 1. The molecule has 0 amide bonds. The molecule has 0 saturated heterocycles. The summed E-state index contributed by atoms with van der Waals surface area (Å²) >= 11 is 0. The van der Waals surface area contributed by atoms with E-state index in [0.29, 0.717) is 6.42 Å². The Labute approximate surface area is 105 Å². The molecule has 0 aliphatic rings. The molecule has 0 bridgehead atoms. The first-order chi connectivity index (χ1) is 7.64. The van der Waals surface area contributed by atoms with Gasteiger partial charge in [-0.15, -0.1) is 0 Å². The predicted octanol–water partition coefficient (Wildman–Crippen LogP) is 2.98. The molecule has 4 nitrogen and oxygen atoms in total. The predicted molar refractivity (Wildman–Crippen MR) is 69.8 cm³/mol. The number of hydrogen-bond acceptors (Lipinski definition) is 3. The number of carbonyl (C=O) groups is 1. The van der Waals surface area contributed by atoms with Crippen LogP contribution in [0.15, 0.2) is 11.8 Å². The van der Waals surface area contributed by atoms with Crippen molar-refractivity contribution in [1.29, 1.82) is 0 Å². The van der Waals surface area contributed by atoms with E-state index in [1.54, 1.807) is 13.0 Å². The zero-order valence-electron chi connectivity index (χ0n) is 11.5. The highest BCUT2D eigenvalue weighted by atomic mass is 28.4. The van der Waals surface area contributed by atoms with Crippen LogP contribution in [0, 0.1) is 6.57 Å². The van der Waals surface area contributed by atoms with E-state index in [9.17, 15) is 4.79 Å². The molecule has 17 heavy (non-hydrogen) atoms. The first-order valence-electron chi connectivity index (χ1n) is 5.47. The first-order valence-corrected chi connectivity index (χ1v) is 8.88. The van der Waals surface area contributed by atoms with Crippen molar-refractivity contribution in [2.45, 2.75) is 45.4 Å². The minimum atomic E-state index is -1.62. The molecule has 1 atom stereocenters. The van der Waals surface area contributed by atoms with E-state index in [0.717, 1.165) is 5.76 Å². The summed E-state index contributed by atoms with van der Waals surface area (Å²) in [6.07, 6.45) is 2.09. The van der Waals surface area contributed by atoms with E-state index in [4.69, 9.17) is 11.0 Å². The summed E-state index contributed by atoms with van der Waals surface area (Å²) in [5.41, 5.74) is -1.15. The minimum Gasteiger partial charge on any atom is -0.548 e. The molecule has 0 N–H and O–H groups in total. The molecule has 0 aliphatic heterocycles. The van der Waals surface area contributed by atoms with E-state index < -0.39 is 19.8 Å². The fourth-order valence-electron chi connectivity index (χ4n) is 1.26. The Morgan fingerprint density at radius 2 is 2.00 bits per heavy atom. The van der Waals surface area contributed by atoms with E-state index in [-0.39, 0.29) is 0 Å². The van der Waals surface area contributed by atoms with Gasteiger partial charge in [0.15, 0.2) is 0 Å². The molecule has 0 saturated carbocycles. The third-order valence-corrected chi connectivity index (χ3v) is 3.06. The maximum atomic E-state index is 11.5. The Kier molecular flexibility index (Phi) is 5.43. The first kappa shape index (κ1) is 15.7. The van der Waals surface area contributed by atoms with Gasteiger partial charge in [-0.3, -0.25) is 4.85 Å². The van der Waals surface area contributed by atoms with Crippen LogP contribution >= 0.6 is 0 Å². The molecule has 96 valence electrons. The van der Waals surface area contributed by atoms with Crippen LogP contribution in [0.5, 0.6) is 0 Å². The van der Waals surface area contributed by atoms with Crippen LogP contribution in [0.3, 0.4) is 0 Å². The molecule has 0 fully saturated rings. The molecule has 0 radical (unpaired) electrons. The number of nitrogens with zero attached hydrogens (tertiary/aromatic N) is 1. The summed E-state index contributed by atoms with van der Waals surface area (Å²) < 4.78 is 10.4. The number of methoxy groups -OCH3 is 1. The van der Waals surface area contributed by atoms with Crippen LogP contribution in [0.1, 0.15) is 20.3 Å². The van der Waals surface area contributed by atoms with Gasteiger partial charge < -0.3 is 9.16 Å². The average Bonchev–Trinajstić information content (AvgIpc) is 2.22. The lowest BCUT2D eigenvalue weighted by Gasteiger charge is -2.20. The summed E-state index contributed by atoms with van der Waals surface area (Å²) in [5, 5.41) is 0. The molecule has 0 rings (SSSR count). The number of ether oxygens (including phenoxy) is 1. The molecule has 0 heterocycles.